The molecule has 0 aromatic heterocycles. The first kappa shape index (κ1) is 11.5. The van der Waals surface area contributed by atoms with Gasteiger partial charge >= 0.3 is 6.16 Å². The number of hydrogen-bond donors (Lipinski definition) is 0. The minimum absolute atomic E-state index is 0.0126. The van der Waals surface area contributed by atoms with E-state index in [1.165, 1.54) is 0 Å². The molecular weight excluding hydrogens is 204 g/mol. The average molecular weight is 224 g/mol. The van der Waals surface area contributed by atoms with Gasteiger partial charge in [0.25, 0.3) is 0 Å². The summed E-state index contributed by atoms with van der Waals surface area (Å²) in [5.74, 6) is 0.389. The maximum atomic E-state index is 11.5. The van der Waals surface area contributed by atoms with Crippen LogP contribution in [0.4, 0.5) is 4.79 Å². The molecule has 3 heteroatoms. The van der Waals surface area contributed by atoms with Crippen LogP contribution in [0, 0.1) is 11.3 Å². The SMILES string of the molecule is CC(C)(C)OC(=O)O[C@@H]1C[C@]2(C)CC=C[C@H]12. The predicted octanol–water partition coefficient (Wildman–Crippen LogP) is 3.29. The monoisotopic (exact) mass is 224 g/mol. The van der Waals surface area contributed by atoms with Gasteiger partial charge in [-0.15, -0.1) is 0 Å². The van der Waals surface area contributed by atoms with Crippen LogP contribution in [0.2, 0.25) is 0 Å². The molecule has 2 aliphatic rings. The van der Waals surface area contributed by atoms with Crippen molar-refractivity contribution < 1.29 is 14.3 Å². The van der Waals surface area contributed by atoms with Crippen LogP contribution < -0.4 is 0 Å². The van der Waals surface area contributed by atoms with Gasteiger partial charge < -0.3 is 9.47 Å². The topological polar surface area (TPSA) is 35.5 Å². The largest absolute Gasteiger partial charge is 0.509 e. The fraction of sp³-hybridized carbons (Fsp3) is 0.769. The zero-order valence-electron chi connectivity index (χ0n) is 10.4. The summed E-state index contributed by atoms with van der Waals surface area (Å²) in [4.78, 5) is 11.5. The highest BCUT2D eigenvalue weighted by molar-refractivity contribution is 5.61. The fourth-order valence-corrected chi connectivity index (χ4v) is 2.58. The maximum absolute atomic E-state index is 11.5. The second-order valence-electron chi connectivity index (χ2n) is 6.14. The quantitative estimate of drug-likeness (QED) is 0.506. The van der Waals surface area contributed by atoms with Gasteiger partial charge in [-0.3, -0.25) is 0 Å². The summed E-state index contributed by atoms with van der Waals surface area (Å²) in [5.41, 5.74) is -0.150. The molecule has 0 aromatic carbocycles. The van der Waals surface area contributed by atoms with Gasteiger partial charge in [-0.1, -0.05) is 19.1 Å². The first-order chi connectivity index (χ1) is 7.30. The molecule has 0 saturated heterocycles. The van der Waals surface area contributed by atoms with Crippen molar-refractivity contribution in [2.24, 2.45) is 11.3 Å². The lowest BCUT2D eigenvalue weighted by molar-refractivity contribution is -0.104. The molecule has 1 saturated carbocycles. The standard InChI is InChI=1S/C13H20O3/c1-12(2,3)16-11(14)15-10-8-13(4)7-5-6-9(10)13/h5-6,9-10H,7-8H2,1-4H3/t9-,10-,13+/m1/s1. The molecule has 0 amide bonds. The lowest BCUT2D eigenvalue weighted by Gasteiger charge is -2.48. The molecule has 0 aliphatic heterocycles. The van der Waals surface area contributed by atoms with Gasteiger partial charge in [-0.05, 0) is 39.0 Å². The van der Waals surface area contributed by atoms with E-state index in [4.69, 9.17) is 9.47 Å². The molecular formula is C13H20O3. The van der Waals surface area contributed by atoms with Crippen molar-refractivity contribution in [3.8, 4) is 0 Å². The third-order valence-electron chi connectivity index (χ3n) is 3.44. The zero-order valence-corrected chi connectivity index (χ0v) is 10.4. The second kappa shape index (κ2) is 3.51. The van der Waals surface area contributed by atoms with Crippen molar-refractivity contribution in [2.45, 2.75) is 52.2 Å². The van der Waals surface area contributed by atoms with Crippen LogP contribution >= 0.6 is 0 Å². The van der Waals surface area contributed by atoms with E-state index in [0.29, 0.717) is 11.3 Å². The Balaban J connectivity index is 1.84. The number of allylic oxidation sites excluding steroid dienone is 1. The summed E-state index contributed by atoms with van der Waals surface area (Å²) >= 11 is 0. The van der Waals surface area contributed by atoms with Crippen LogP contribution in [0.1, 0.15) is 40.5 Å². The molecule has 0 unspecified atom stereocenters. The maximum Gasteiger partial charge on any atom is 0.509 e. The van der Waals surface area contributed by atoms with Crippen LogP contribution in [0.3, 0.4) is 0 Å². The van der Waals surface area contributed by atoms with Crippen molar-refractivity contribution in [1.29, 1.82) is 0 Å². The molecule has 0 N–H and O–H groups in total. The first-order valence-electron chi connectivity index (χ1n) is 5.86. The summed E-state index contributed by atoms with van der Waals surface area (Å²) in [6, 6.07) is 0. The molecule has 3 nitrogen and oxygen atoms in total. The van der Waals surface area contributed by atoms with Crippen LogP contribution in [-0.2, 0) is 9.47 Å². The highest BCUT2D eigenvalue weighted by Crippen LogP contribution is 2.55. The molecule has 1 fully saturated rings. The molecule has 2 rings (SSSR count). The number of rotatable bonds is 1. The van der Waals surface area contributed by atoms with Crippen molar-refractivity contribution in [2.75, 3.05) is 0 Å². The number of fused-ring (bicyclic) bond motifs is 1. The minimum atomic E-state index is -0.542. The lowest BCUT2D eigenvalue weighted by atomic mass is 9.61. The summed E-state index contributed by atoms with van der Waals surface area (Å²) in [5, 5.41) is 0. The second-order valence-corrected chi connectivity index (χ2v) is 6.14. The highest BCUT2D eigenvalue weighted by Gasteiger charge is 2.53. The van der Waals surface area contributed by atoms with E-state index >= 15 is 0 Å². The molecule has 0 spiro atoms. The molecule has 0 bridgehead atoms. The normalized spacial score (nSPS) is 36.5. The van der Waals surface area contributed by atoms with E-state index in [1.807, 2.05) is 20.8 Å². The zero-order chi connectivity index (χ0) is 12.0. The Bertz CT molecular complexity index is 327. The van der Waals surface area contributed by atoms with Crippen molar-refractivity contribution >= 4 is 6.16 Å². The van der Waals surface area contributed by atoms with E-state index in [0.717, 1.165) is 12.8 Å². The summed E-state index contributed by atoms with van der Waals surface area (Å²) < 4.78 is 10.5. The Hall–Kier alpha value is -0.990. The van der Waals surface area contributed by atoms with Crippen molar-refractivity contribution in [3.63, 3.8) is 0 Å². The summed E-state index contributed by atoms with van der Waals surface area (Å²) in [7, 11) is 0. The van der Waals surface area contributed by atoms with Gasteiger partial charge in [-0.2, -0.15) is 0 Å². The molecule has 0 heterocycles. The number of ether oxygens (including phenoxy) is 2. The van der Waals surface area contributed by atoms with Crippen LogP contribution in [0.15, 0.2) is 12.2 Å². The van der Waals surface area contributed by atoms with Crippen LogP contribution in [0.5, 0.6) is 0 Å². The average Bonchev–Trinajstić information content (AvgIpc) is 2.36. The Morgan fingerprint density at radius 1 is 1.44 bits per heavy atom. The smallest absolute Gasteiger partial charge is 0.430 e. The molecule has 2 aliphatic carbocycles. The molecule has 16 heavy (non-hydrogen) atoms. The number of carbonyl (C=O) groups excluding carboxylic acids is 1. The first-order valence-corrected chi connectivity index (χ1v) is 5.86. The van der Waals surface area contributed by atoms with Crippen molar-refractivity contribution in [3.05, 3.63) is 12.2 Å². The van der Waals surface area contributed by atoms with Crippen LogP contribution in [0.25, 0.3) is 0 Å². The van der Waals surface area contributed by atoms with Gasteiger partial charge in [0, 0.05) is 5.92 Å². The molecule has 0 radical (unpaired) electrons. The van der Waals surface area contributed by atoms with E-state index < -0.39 is 11.8 Å². The Morgan fingerprint density at radius 3 is 2.69 bits per heavy atom. The Kier molecular flexibility index (Phi) is 2.52. The van der Waals surface area contributed by atoms with E-state index in [9.17, 15) is 4.79 Å². The van der Waals surface area contributed by atoms with Gasteiger partial charge in [0.15, 0.2) is 0 Å². The van der Waals surface area contributed by atoms with Crippen molar-refractivity contribution in [1.82, 2.24) is 0 Å². The van der Waals surface area contributed by atoms with E-state index in [2.05, 4.69) is 19.1 Å². The summed E-state index contributed by atoms with van der Waals surface area (Å²) in [6.07, 6.45) is 5.87. The van der Waals surface area contributed by atoms with E-state index in [-0.39, 0.29) is 6.10 Å². The summed E-state index contributed by atoms with van der Waals surface area (Å²) in [6.45, 7) is 7.77. The van der Waals surface area contributed by atoms with Crippen LogP contribution in [-0.4, -0.2) is 17.9 Å². The fourth-order valence-electron chi connectivity index (χ4n) is 2.58. The lowest BCUT2D eigenvalue weighted by Crippen LogP contribution is -2.49. The molecule has 0 aromatic rings. The third-order valence-corrected chi connectivity index (χ3v) is 3.44. The minimum Gasteiger partial charge on any atom is -0.430 e. The number of hydrogen-bond acceptors (Lipinski definition) is 3. The van der Waals surface area contributed by atoms with Gasteiger partial charge in [0.2, 0.25) is 0 Å². The van der Waals surface area contributed by atoms with E-state index in [1.54, 1.807) is 0 Å². The number of carbonyl (C=O) groups is 1. The highest BCUT2D eigenvalue weighted by atomic mass is 16.7. The Morgan fingerprint density at radius 2 is 2.12 bits per heavy atom. The molecule has 90 valence electrons. The van der Waals surface area contributed by atoms with Gasteiger partial charge in [-0.25, -0.2) is 4.79 Å². The van der Waals surface area contributed by atoms with Gasteiger partial charge in [0.1, 0.15) is 11.7 Å². The van der Waals surface area contributed by atoms with Gasteiger partial charge in [0.05, 0.1) is 0 Å². The molecule has 3 atom stereocenters. The predicted molar refractivity (Wildman–Crippen MR) is 61.1 cm³/mol. The third kappa shape index (κ3) is 2.08. The Labute approximate surface area is 96.8 Å².